The van der Waals surface area contributed by atoms with Crippen molar-refractivity contribution in [2.75, 3.05) is 0 Å². The zero-order valence-corrected chi connectivity index (χ0v) is 10.2. The molecule has 0 aliphatic rings. The van der Waals surface area contributed by atoms with Crippen molar-refractivity contribution in [2.24, 2.45) is 0 Å². The summed E-state index contributed by atoms with van der Waals surface area (Å²) in [7, 11) is 0. The van der Waals surface area contributed by atoms with Gasteiger partial charge in [0.2, 0.25) is 0 Å². The molecule has 0 aliphatic carbocycles. The fourth-order valence-electron chi connectivity index (χ4n) is 1.54. The Labute approximate surface area is 112 Å². The van der Waals surface area contributed by atoms with Crippen LogP contribution in [0.5, 0.6) is 0 Å². The van der Waals surface area contributed by atoms with E-state index in [4.69, 9.17) is 16.7 Å². The molecular weight excluding hydrogens is 273 g/mol. The average molecular weight is 280 g/mol. The maximum atomic E-state index is 12.8. The summed E-state index contributed by atoms with van der Waals surface area (Å²) in [5.74, 6) is -2.39. The predicted octanol–water partition coefficient (Wildman–Crippen LogP) is 2.80. The van der Waals surface area contributed by atoms with Crippen molar-refractivity contribution in [2.45, 2.75) is 0 Å². The Morgan fingerprint density at radius 2 is 1.74 bits per heavy atom. The lowest BCUT2D eigenvalue weighted by Crippen LogP contribution is -2.12. The quantitative estimate of drug-likeness (QED) is 0.693. The minimum Gasteiger partial charge on any atom is -0.476 e. The second-order valence-electron chi connectivity index (χ2n) is 3.67. The van der Waals surface area contributed by atoms with Gasteiger partial charge in [-0.15, -0.1) is 0 Å². The molecule has 1 heterocycles. The highest BCUT2D eigenvalue weighted by atomic mass is 35.5. The first-order valence-electron chi connectivity index (χ1n) is 5.19. The number of rotatable bonds is 3. The molecular formula is C13H7ClFNO3. The van der Waals surface area contributed by atoms with Crippen molar-refractivity contribution < 1.29 is 19.1 Å². The minimum atomic E-state index is -1.35. The van der Waals surface area contributed by atoms with Crippen LogP contribution in [0.4, 0.5) is 4.39 Å². The Hall–Kier alpha value is -2.27. The smallest absolute Gasteiger partial charge is 0.355 e. The molecule has 6 heteroatoms. The van der Waals surface area contributed by atoms with Gasteiger partial charge in [-0.25, -0.2) is 14.2 Å². The van der Waals surface area contributed by atoms with Gasteiger partial charge in [-0.3, -0.25) is 4.79 Å². The molecule has 19 heavy (non-hydrogen) atoms. The SMILES string of the molecule is O=C(c1ccc(F)cc1)c1ccc(Cl)nc1C(=O)O. The molecule has 0 unspecified atom stereocenters. The summed E-state index contributed by atoms with van der Waals surface area (Å²) in [6, 6.07) is 7.40. The summed E-state index contributed by atoms with van der Waals surface area (Å²) < 4.78 is 12.8. The maximum absolute atomic E-state index is 12.8. The van der Waals surface area contributed by atoms with Gasteiger partial charge in [0.1, 0.15) is 11.0 Å². The van der Waals surface area contributed by atoms with Crippen LogP contribution in [0.2, 0.25) is 5.15 Å². The molecule has 0 spiro atoms. The number of pyridine rings is 1. The standard InChI is InChI=1S/C13H7ClFNO3/c14-10-6-5-9(11(16-10)13(18)19)12(17)7-1-3-8(15)4-2-7/h1-6H,(H,18,19). The van der Waals surface area contributed by atoms with Gasteiger partial charge in [0.15, 0.2) is 11.5 Å². The largest absolute Gasteiger partial charge is 0.476 e. The highest BCUT2D eigenvalue weighted by molar-refractivity contribution is 6.29. The molecule has 1 aromatic carbocycles. The van der Waals surface area contributed by atoms with Crippen molar-refractivity contribution in [1.29, 1.82) is 0 Å². The lowest BCUT2D eigenvalue weighted by molar-refractivity contribution is 0.0686. The minimum absolute atomic E-state index is 0.0203. The van der Waals surface area contributed by atoms with Gasteiger partial charge in [0.05, 0.1) is 5.56 Å². The molecule has 4 nitrogen and oxygen atoms in total. The molecule has 0 radical (unpaired) electrons. The summed E-state index contributed by atoms with van der Waals surface area (Å²) in [5.41, 5.74) is -0.349. The number of benzene rings is 1. The van der Waals surface area contributed by atoms with E-state index in [0.29, 0.717) is 0 Å². The van der Waals surface area contributed by atoms with Gasteiger partial charge < -0.3 is 5.11 Å². The van der Waals surface area contributed by atoms with Crippen LogP contribution in [0.15, 0.2) is 36.4 Å². The molecule has 1 N–H and O–H groups in total. The summed E-state index contributed by atoms with van der Waals surface area (Å²) in [4.78, 5) is 26.8. The summed E-state index contributed by atoms with van der Waals surface area (Å²) in [6.45, 7) is 0. The highest BCUT2D eigenvalue weighted by Crippen LogP contribution is 2.16. The van der Waals surface area contributed by atoms with Gasteiger partial charge in [-0.2, -0.15) is 0 Å². The number of hydrogen-bond donors (Lipinski definition) is 1. The van der Waals surface area contributed by atoms with Crippen LogP contribution < -0.4 is 0 Å². The average Bonchev–Trinajstić information content (AvgIpc) is 2.38. The van der Waals surface area contributed by atoms with Crippen molar-refractivity contribution in [3.63, 3.8) is 0 Å². The molecule has 0 amide bonds. The molecule has 0 aliphatic heterocycles. The number of nitrogens with zero attached hydrogens (tertiary/aromatic N) is 1. The Morgan fingerprint density at radius 3 is 2.32 bits per heavy atom. The zero-order valence-electron chi connectivity index (χ0n) is 9.43. The highest BCUT2D eigenvalue weighted by Gasteiger charge is 2.19. The third kappa shape index (κ3) is 2.77. The molecule has 0 saturated carbocycles. The van der Waals surface area contributed by atoms with Crippen molar-refractivity contribution in [3.05, 3.63) is 64.2 Å². The van der Waals surface area contributed by atoms with Gasteiger partial charge in [-0.05, 0) is 36.4 Å². The number of hydrogen-bond acceptors (Lipinski definition) is 3. The van der Waals surface area contributed by atoms with Crippen LogP contribution in [-0.4, -0.2) is 21.8 Å². The second-order valence-corrected chi connectivity index (χ2v) is 4.06. The van der Waals surface area contributed by atoms with Gasteiger partial charge in [-0.1, -0.05) is 11.6 Å². The van der Waals surface area contributed by atoms with E-state index in [1.54, 1.807) is 0 Å². The van der Waals surface area contributed by atoms with Crippen LogP contribution in [0, 0.1) is 5.82 Å². The van der Waals surface area contributed by atoms with E-state index in [9.17, 15) is 14.0 Å². The predicted molar refractivity (Wildman–Crippen MR) is 66.0 cm³/mol. The van der Waals surface area contributed by atoms with Crippen LogP contribution in [0.1, 0.15) is 26.4 Å². The lowest BCUT2D eigenvalue weighted by atomic mass is 10.0. The molecule has 2 aromatic rings. The van der Waals surface area contributed by atoms with Crippen molar-refractivity contribution in [1.82, 2.24) is 4.98 Å². The Morgan fingerprint density at radius 1 is 1.11 bits per heavy atom. The molecule has 0 saturated heterocycles. The van der Waals surface area contributed by atoms with E-state index in [-0.39, 0.29) is 16.3 Å². The molecule has 0 atom stereocenters. The fourth-order valence-corrected chi connectivity index (χ4v) is 1.69. The number of aromatic nitrogens is 1. The number of ketones is 1. The second kappa shape index (κ2) is 5.16. The van der Waals surface area contributed by atoms with E-state index in [0.717, 1.165) is 12.1 Å². The van der Waals surface area contributed by atoms with E-state index < -0.39 is 23.3 Å². The Bertz CT molecular complexity index is 655. The number of carbonyl (C=O) groups is 2. The van der Waals surface area contributed by atoms with Crippen LogP contribution in [0.3, 0.4) is 0 Å². The third-order valence-electron chi connectivity index (χ3n) is 2.41. The zero-order chi connectivity index (χ0) is 14.0. The molecule has 0 fully saturated rings. The lowest BCUT2D eigenvalue weighted by Gasteiger charge is -2.05. The first-order valence-corrected chi connectivity index (χ1v) is 5.57. The summed E-state index contributed by atoms with van der Waals surface area (Å²) in [6.07, 6.45) is 0. The van der Waals surface area contributed by atoms with Gasteiger partial charge >= 0.3 is 5.97 Å². The Kier molecular flexibility index (Phi) is 3.57. The van der Waals surface area contributed by atoms with E-state index >= 15 is 0 Å². The topological polar surface area (TPSA) is 67.3 Å². The van der Waals surface area contributed by atoms with Crippen molar-refractivity contribution in [3.8, 4) is 0 Å². The van der Waals surface area contributed by atoms with E-state index in [1.807, 2.05) is 0 Å². The molecule has 2 rings (SSSR count). The normalized spacial score (nSPS) is 10.2. The first kappa shape index (κ1) is 13.2. The summed E-state index contributed by atoms with van der Waals surface area (Å²) in [5, 5.41) is 8.98. The maximum Gasteiger partial charge on any atom is 0.355 e. The van der Waals surface area contributed by atoms with Crippen LogP contribution in [-0.2, 0) is 0 Å². The van der Waals surface area contributed by atoms with E-state index in [2.05, 4.69) is 4.98 Å². The number of halogens is 2. The van der Waals surface area contributed by atoms with Gasteiger partial charge in [0.25, 0.3) is 0 Å². The Balaban J connectivity index is 2.49. The fraction of sp³-hybridized carbons (Fsp3) is 0. The van der Waals surface area contributed by atoms with Gasteiger partial charge in [0, 0.05) is 5.56 Å². The molecule has 0 bridgehead atoms. The van der Waals surface area contributed by atoms with E-state index in [1.165, 1.54) is 24.3 Å². The number of carboxylic acids is 1. The van der Waals surface area contributed by atoms with Crippen LogP contribution in [0.25, 0.3) is 0 Å². The number of aromatic carboxylic acids is 1. The molecule has 1 aromatic heterocycles. The van der Waals surface area contributed by atoms with Crippen molar-refractivity contribution >= 4 is 23.4 Å². The van der Waals surface area contributed by atoms with Crippen LogP contribution >= 0.6 is 11.6 Å². The third-order valence-corrected chi connectivity index (χ3v) is 2.63. The molecule has 96 valence electrons. The number of carboxylic acid groups (broad SMARTS) is 1. The monoisotopic (exact) mass is 279 g/mol. The summed E-state index contributed by atoms with van der Waals surface area (Å²) >= 11 is 5.60. The first-order chi connectivity index (χ1) is 8.99. The number of carbonyl (C=O) groups excluding carboxylic acids is 1.